The Morgan fingerprint density at radius 3 is 1.19 bits per heavy atom. The van der Waals surface area contributed by atoms with E-state index >= 15 is 9.59 Å². The van der Waals surface area contributed by atoms with E-state index in [1.165, 1.54) is 0 Å². The predicted molar refractivity (Wildman–Crippen MR) is 257 cm³/mol. The molecule has 2 atom stereocenters. The number of hydrogen-bond acceptors (Lipinski definition) is 10. The smallest absolute Gasteiger partial charge is 0.428 e. The summed E-state index contributed by atoms with van der Waals surface area (Å²) < 4.78 is 21.5. The predicted octanol–water partition coefficient (Wildman–Crippen LogP) is 14.0. The van der Waals surface area contributed by atoms with Gasteiger partial charge in [-0.05, 0) is 150 Å². The van der Waals surface area contributed by atoms with Crippen molar-refractivity contribution in [1.29, 1.82) is 0 Å². The highest BCUT2D eigenvalue weighted by Crippen LogP contribution is 2.50. The molecule has 10 nitrogen and oxygen atoms in total. The lowest BCUT2D eigenvalue weighted by molar-refractivity contribution is -0.124. The number of fused-ring (bicyclic) bond motifs is 1. The van der Waals surface area contributed by atoms with Gasteiger partial charge in [-0.15, -0.1) is 22.7 Å². The van der Waals surface area contributed by atoms with E-state index in [1.54, 1.807) is 88.5 Å². The molecule has 0 radical (unpaired) electrons. The third-order valence-corrected chi connectivity index (χ3v) is 13.6. The monoisotopic (exact) mass is 908 g/mol. The lowest BCUT2D eigenvalue weighted by Crippen LogP contribution is -2.34. The van der Waals surface area contributed by atoms with E-state index in [-0.39, 0.29) is 23.7 Å². The summed E-state index contributed by atoms with van der Waals surface area (Å²) >= 11 is 3.08. The van der Waals surface area contributed by atoms with Gasteiger partial charge in [0, 0.05) is 22.8 Å². The molecule has 6 rings (SSSR count). The number of thiophene rings is 2. The van der Waals surface area contributed by atoms with Gasteiger partial charge in [0.1, 0.15) is 22.7 Å². The van der Waals surface area contributed by atoms with E-state index in [4.69, 9.17) is 18.9 Å². The van der Waals surface area contributed by atoms with Crippen LogP contribution in [0.5, 0.6) is 11.5 Å². The molecule has 2 aliphatic rings. The van der Waals surface area contributed by atoms with Crippen LogP contribution < -0.4 is 9.47 Å². The molecule has 0 saturated heterocycles. The van der Waals surface area contributed by atoms with Crippen LogP contribution in [0.4, 0.5) is 9.59 Å². The number of rotatable bonds is 18. The summed E-state index contributed by atoms with van der Waals surface area (Å²) in [6.45, 7) is 20.5. The van der Waals surface area contributed by atoms with Gasteiger partial charge in [0.2, 0.25) is 0 Å². The van der Waals surface area contributed by atoms with Crippen molar-refractivity contribution in [2.75, 3.05) is 13.1 Å². The fraction of sp³-hybridized carbons (Fsp3) is 0.462. The van der Waals surface area contributed by atoms with E-state index < -0.39 is 23.5 Å². The van der Waals surface area contributed by atoms with Crippen molar-refractivity contribution in [2.45, 2.75) is 132 Å². The average Bonchev–Trinajstić information content (AvgIpc) is 4.03. The minimum absolute atomic E-state index is 0.135. The second-order valence-electron chi connectivity index (χ2n) is 18.6. The Morgan fingerprint density at radius 1 is 0.531 bits per heavy atom. The Morgan fingerprint density at radius 2 is 0.875 bits per heavy atom. The van der Waals surface area contributed by atoms with E-state index in [0.717, 1.165) is 82.0 Å². The number of hydrogen-bond donors (Lipinski definition) is 0. The molecule has 0 aliphatic carbocycles. The average molecular weight is 909 g/mol. The molecule has 2 aliphatic heterocycles. The minimum Gasteiger partial charge on any atom is -0.428 e. The summed E-state index contributed by atoms with van der Waals surface area (Å²) in [7, 11) is 0. The van der Waals surface area contributed by atoms with Crippen molar-refractivity contribution in [3.63, 3.8) is 0 Å². The summed E-state index contributed by atoms with van der Waals surface area (Å²) in [6, 6.07) is 22.6. The fourth-order valence-electron chi connectivity index (χ4n) is 7.96. The van der Waals surface area contributed by atoms with Gasteiger partial charge in [-0.2, -0.15) is 0 Å². The molecule has 2 unspecified atom stereocenters. The SMILES string of the molecule is CCCCC(CC)CN1C(=O)C2=C(c3ccc(-c4ccc(OC(=O)OC(C)(C)C)cc4)s3)N(CC(CC)CCCC)C(=O)C2=C1c1ccc(-c2ccc(OC(=O)OC(C)(C)C)cc2)s1. The highest BCUT2D eigenvalue weighted by molar-refractivity contribution is 7.17. The third-order valence-electron chi connectivity index (χ3n) is 11.3. The molecule has 2 aromatic carbocycles. The number of amides is 2. The standard InChI is InChI=1S/C52H64N2O8S2/c1-11-15-17-33(13-3)31-53-45(41-29-27-39(63-41)35-19-23-37(24-20-35)59-49(57)61-51(5,6)7)43-44(47(53)55)46(54(48(43)56)32-34(14-4)18-16-12-2)42-30-28-40(64-42)36-21-25-38(26-22-36)60-50(58)62-52(8,9)10/h19-30,33-34H,11-18,31-32H2,1-10H3. The number of carbonyl (C=O) groups excluding carboxylic acids is 4. The van der Waals surface area contributed by atoms with Crippen LogP contribution in [0.15, 0.2) is 83.9 Å². The summed E-state index contributed by atoms with van der Waals surface area (Å²) in [6.07, 6.45) is 6.52. The summed E-state index contributed by atoms with van der Waals surface area (Å²) in [5.74, 6) is 0.997. The summed E-state index contributed by atoms with van der Waals surface area (Å²) in [5.41, 5.74) is 2.79. The zero-order chi connectivity index (χ0) is 46.3. The molecule has 64 heavy (non-hydrogen) atoms. The summed E-state index contributed by atoms with van der Waals surface area (Å²) in [5, 5.41) is 0. The van der Waals surface area contributed by atoms with Crippen LogP contribution in [0.25, 0.3) is 32.3 Å². The van der Waals surface area contributed by atoms with Crippen LogP contribution in [-0.2, 0) is 19.1 Å². The second-order valence-corrected chi connectivity index (χ2v) is 20.8. The largest absolute Gasteiger partial charge is 0.514 e. The van der Waals surface area contributed by atoms with Crippen LogP contribution in [0.2, 0.25) is 0 Å². The fourth-order valence-corrected chi connectivity index (χ4v) is 10.1. The quantitative estimate of drug-likeness (QED) is 0.0717. The van der Waals surface area contributed by atoms with E-state index in [1.807, 2.05) is 58.3 Å². The zero-order valence-corrected chi connectivity index (χ0v) is 40.8. The van der Waals surface area contributed by atoms with Crippen LogP contribution in [-0.4, -0.2) is 58.2 Å². The maximum Gasteiger partial charge on any atom is 0.514 e. The second kappa shape index (κ2) is 20.7. The molecule has 4 heterocycles. The Bertz CT molecular complexity index is 2190. The Kier molecular flexibility index (Phi) is 15.6. The van der Waals surface area contributed by atoms with Crippen molar-refractivity contribution in [3.05, 3.63) is 93.7 Å². The molecule has 0 saturated carbocycles. The number of benzene rings is 2. The van der Waals surface area contributed by atoms with E-state index in [9.17, 15) is 9.59 Å². The Balaban J connectivity index is 1.42. The molecule has 0 fully saturated rings. The van der Waals surface area contributed by atoms with Crippen molar-refractivity contribution >= 4 is 58.2 Å². The summed E-state index contributed by atoms with van der Waals surface area (Å²) in [4.78, 5) is 62.5. The van der Waals surface area contributed by atoms with Crippen LogP contribution >= 0.6 is 22.7 Å². The number of nitrogens with zero attached hydrogens (tertiary/aromatic N) is 2. The van der Waals surface area contributed by atoms with Gasteiger partial charge in [0.05, 0.1) is 32.3 Å². The van der Waals surface area contributed by atoms with Crippen molar-refractivity contribution in [1.82, 2.24) is 9.80 Å². The van der Waals surface area contributed by atoms with Crippen LogP contribution in [0.1, 0.15) is 130 Å². The van der Waals surface area contributed by atoms with Gasteiger partial charge < -0.3 is 28.7 Å². The molecule has 2 aromatic heterocycles. The van der Waals surface area contributed by atoms with E-state index in [0.29, 0.717) is 47.1 Å². The molecular weight excluding hydrogens is 845 g/mol. The first-order valence-electron chi connectivity index (χ1n) is 22.8. The van der Waals surface area contributed by atoms with Crippen molar-refractivity contribution in [2.24, 2.45) is 11.8 Å². The Labute approximate surface area is 387 Å². The lowest BCUT2D eigenvalue weighted by Gasteiger charge is -2.29. The number of ether oxygens (including phenoxy) is 4. The zero-order valence-electron chi connectivity index (χ0n) is 39.1. The van der Waals surface area contributed by atoms with Gasteiger partial charge in [-0.1, -0.05) is 66.2 Å². The van der Waals surface area contributed by atoms with Crippen LogP contribution in [0, 0.1) is 11.8 Å². The minimum atomic E-state index is -0.767. The molecule has 0 spiro atoms. The first-order chi connectivity index (χ1) is 30.4. The van der Waals surface area contributed by atoms with Gasteiger partial charge >= 0.3 is 12.3 Å². The van der Waals surface area contributed by atoms with Gasteiger partial charge in [-0.25, -0.2) is 9.59 Å². The van der Waals surface area contributed by atoms with Gasteiger partial charge in [0.25, 0.3) is 11.8 Å². The first-order valence-corrected chi connectivity index (χ1v) is 24.4. The highest BCUT2D eigenvalue weighted by Gasteiger charge is 2.50. The molecule has 0 N–H and O–H groups in total. The highest BCUT2D eigenvalue weighted by atomic mass is 32.1. The van der Waals surface area contributed by atoms with E-state index in [2.05, 4.69) is 27.7 Å². The molecular formula is C52H64N2O8S2. The third kappa shape index (κ3) is 11.7. The van der Waals surface area contributed by atoms with Gasteiger partial charge in [0.15, 0.2) is 0 Å². The molecule has 342 valence electrons. The van der Waals surface area contributed by atoms with Crippen LogP contribution in [0.3, 0.4) is 0 Å². The molecule has 12 heteroatoms. The molecule has 2 amide bonds. The number of carbonyl (C=O) groups is 4. The molecule has 4 aromatic rings. The normalized spacial score (nSPS) is 15.2. The Hall–Kier alpha value is -5.20. The maximum atomic E-state index is 15.2. The topological polar surface area (TPSA) is 112 Å². The van der Waals surface area contributed by atoms with Gasteiger partial charge in [-0.3, -0.25) is 9.59 Å². The van der Waals surface area contributed by atoms with Crippen molar-refractivity contribution < 1.29 is 38.1 Å². The first kappa shape index (κ1) is 48.3. The molecule has 0 bridgehead atoms. The van der Waals surface area contributed by atoms with Crippen molar-refractivity contribution in [3.8, 4) is 32.4 Å². The lowest BCUT2D eigenvalue weighted by atomic mass is 9.98. The number of unbranched alkanes of at least 4 members (excludes halogenated alkanes) is 2. The maximum absolute atomic E-state index is 15.2.